The van der Waals surface area contributed by atoms with Gasteiger partial charge in [0.2, 0.25) is 5.91 Å². The summed E-state index contributed by atoms with van der Waals surface area (Å²) >= 11 is 1.60. The van der Waals surface area contributed by atoms with Crippen molar-refractivity contribution in [2.75, 3.05) is 16.4 Å². The Labute approximate surface area is 127 Å². The van der Waals surface area contributed by atoms with Gasteiger partial charge >= 0.3 is 0 Å². The number of thiazole rings is 1. The van der Waals surface area contributed by atoms with Crippen LogP contribution in [0.2, 0.25) is 0 Å². The fraction of sp³-hybridized carbons (Fsp3) is 0.333. The minimum Gasteiger partial charge on any atom is -0.397 e. The average molecular weight is 302 g/mol. The van der Waals surface area contributed by atoms with Crippen molar-refractivity contribution in [2.45, 2.75) is 32.2 Å². The zero-order valence-electron chi connectivity index (χ0n) is 12.1. The molecule has 0 saturated carbocycles. The first-order chi connectivity index (χ1) is 9.95. The van der Waals surface area contributed by atoms with Crippen molar-refractivity contribution in [2.24, 2.45) is 0 Å². The summed E-state index contributed by atoms with van der Waals surface area (Å²) in [5.74, 6) is 0.0532. The third-order valence-electron chi connectivity index (χ3n) is 3.59. The molecule has 1 aliphatic rings. The van der Waals surface area contributed by atoms with Crippen molar-refractivity contribution in [3.63, 3.8) is 0 Å². The molecule has 4 N–H and O–H groups in total. The van der Waals surface area contributed by atoms with Gasteiger partial charge in [0.25, 0.3) is 0 Å². The van der Waals surface area contributed by atoms with Crippen LogP contribution in [0, 0.1) is 0 Å². The van der Waals surface area contributed by atoms with E-state index in [0.717, 1.165) is 28.4 Å². The maximum Gasteiger partial charge on any atom is 0.224 e. The second kappa shape index (κ2) is 5.04. The Balaban J connectivity index is 1.92. The van der Waals surface area contributed by atoms with Crippen LogP contribution in [0.5, 0.6) is 0 Å². The molecule has 1 aromatic heterocycles. The van der Waals surface area contributed by atoms with E-state index in [-0.39, 0.29) is 11.4 Å². The molecule has 0 saturated heterocycles. The molecule has 1 aromatic carbocycles. The lowest BCUT2D eigenvalue weighted by Crippen LogP contribution is -2.28. The molecule has 2 aromatic rings. The van der Waals surface area contributed by atoms with Crippen LogP contribution in [0.25, 0.3) is 0 Å². The van der Waals surface area contributed by atoms with Crippen molar-refractivity contribution in [1.82, 2.24) is 4.98 Å². The number of amides is 1. The standard InChI is InChI=1S/C15H18N4OS/c1-15(2,14-17-5-6-21-14)19-12-8-11-9(7-10(12)16)3-4-13(20)18-11/h5-8,19H,3-4,16H2,1-2H3,(H,18,20). The van der Waals surface area contributed by atoms with Crippen LogP contribution in [-0.2, 0) is 16.8 Å². The van der Waals surface area contributed by atoms with Gasteiger partial charge in [-0.1, -0.05) is 0 Å². The van der Waals surface area contributed by atoms with Crippen LogP contribution < -0.4 is 16.4 Å². The second-order valence-corrected chi connectivity index (χ2v) is 6.63. The van der Waals surface area contributed by atoms with Gasteiger partial charge in [0.15, 0.2) is 0 Å². The molecular formula is C15H18N4OS. The van der Waals surface area contributed by atoms with Gasteiger partial charge in [0.1, 0.15) is 5.01 Å². The summed E-state index contributed by atoms with van der Waals surface area (Å²) in [5.41, 5.74) is 9.26. The molecule has 5 nitrogen and oxygen atoms in total. The van der Waals surface area contributed by atoms with Gasteiger partial charge in [-0.2, -0.15) is 0 Å². The molecule has 0 aliphatic carbocycles. The average Bonchev–Trinajstić information content (AvgIpc) is 2.94. The highest BCUT2D eigenvalue weighted by molar-refractivity contribution is 7.09. The van der Waals surface area contributed by atoms with Crippen molar-refractivity contribution < 1.29 is 4.79 Å². The Hall–Kier alpha value is -2.08. The minimum absolute atomic E-state index is 0.0532. The number of anilines is 3. The molecule has 0 atom stereocenters. The highest BCUT2D eigenvalue weighted by atomic mass is 32.1. The van der Waals surface area contributed by atoms with Gasteiger partial charge in [-0.15, -0.1) is 11.3 Å². The van der Waals surface area contributed by atoms with E-state index in [1.807, 2.05) is 17.5 Å². The fourth-order valence-electron chi connectivity index (χ4n) is 2.48. The summed E-state index contributed by atoms with van der Waals surface area (Å²) in [4.78, 5) is 15.9. The molecule has 1 aliphatic heterocycles. The van der Waals surface area contributed by atoms with Gasteiger partial charge in [-0.3, -0.25) is 4.79 Å². The predicted molar refractivity (Wildman–Crippen MR) is 86.6 cm³/mol. The third kappa shape index (κ3) is 2.71. The molecule has 2 heterocycles. The van der Waals surface area contributed by atoms with E-state index in [1.54, 1.807) is 17.5 Å². The van der Waals surface area contributed by atoms with Gasteiger partial charge in [-0.05, 0) is 38.0 Å². The lowest BCUT2D eigenvalue weighted by molar-refractivity contribution is -0.116. The van der Waals surface area contributed by atoms with Gasteiger partial charge in [0, 0.05) is 23.7 Å². The summed E-state index contributed by atoms with van der Waals surface area (Å²) in [7, 11) is 0. The number of hydrogen-bond acceptors (Lipinski definition) is 5. The number of hydrogen-bond donors (Lipinski definition) is 3. The quantitative estimate of drug-likeness (QED) is 0.762. The Morgan fingerprint density at radius 3 is 2.90 bits per heavy atom. The van der Waals surface area contributed by atoms with Crippen LogP contribution in [-0.4, -0.2) is 10.9 Å². The van der Waals surface area contributed by atoms with E-state index in [2.05, 4.69) is 29.5 Å². The molecule has 0 radical (unpaired) electrons. The Bertz CT molecular complexity index is 679. The smallest absolute Gasteiger partial charge is 0.224 e. The van der Waals surface area contributed by atoms with Crippen molar-refractivity contribution in [3.05, 3.63) is 34.3 Å². The number of benzene rings is 1. The lowest BCUT2D eigenvalue weighted by Gasteiger charge is -2.27. The predicted octanol–water partition coefficient (Wildman–Crippen LogP) is 2.96. The van der Waals surface area contributed by atoms with Gasteiger partial charge in [0.05, 0.1) is 16.9 Å². The Kier molecular flexibility index (Phi) is 3.33. The van der Waals surface area contributed by atoms with E-state index >= 15 is 0 Å². The highest BCUT2D eigenvalue weighted by Gasteiger charge is 2.25. The number of aryl methyl sites for hydroxylation is 1. The first kappa shape index (κ1) is 13.9. The zero-order valence-corrected chi connectivity index (χ0v) is 12.9. The van der Waals surface area contributed by atoms with E-state index in [4.69, 9.17) is 5.73 Å². The Morgan fingerprint density at radius 1 is 1.38 bits per heavy atom. The minimum atomic E-state index is -0.324. The number of rotatable bonds is 3. The molecule has 0 fully saturated rings. The molecule has 0 spiro atoms. The summed E-state index contributed by atoms with van der Waals surface area (Å²) in [5, 5.41) is 9.27. The number of carbonyl (C=O) groups is 1. The summed E-state index contributed by atoms with van der Waals surface area (Å²) < 4.78 is 0. The maximum absolute atomic E-state index is 11.5. The van der Waals surface area contributed by atoms with Crippen molar-refractivity contribution in [1.29, 1.82) is 0 Å². The SMILES string of the molecule is CC(C)(Nc1cc2c(cc1N)CCC(=O)N2)c1nccs1. The normalized spacial score (nSPS) is 14.5. The topological polar surface area (TPSA) is 80.0 Å². The van der Waals surface area contributed by atoms with Crippen LogP contribution in [0.15, 0.2) is 23.7 Å². The van der Waals surface area contributed by atoms with Crippen LogP contribution in [0.1, 0.15) is 30.8 Å². The molecule has 0 unspecified atom stereocenters. The van der Waals surface area contributed by atoms with Crippen LogP contribution in [0.4, 0.5) is 17.1 Å². The molecule has 1 amide bonds. The number of nitrogens with two attached hydrogens (primary N) is 1. The van der Waals surface area contributed by atoms with E-state index in [9.17, 15) is 4.79 Å². The highest BCUT2D eigenvalue weighted by Crippen LogP contribution is 2.35. The molecule has 21 heavy (non-hydrogen) atoms. The van der Waals surface area contributed by atoms with E-state index < -0.39 is 0 Å². The van der Waals surface area contributed by atoms with Crippen molar-refractivity contribution >= 4 is 34.3 Å². The fourth-order valence-corrected chi connectivity index (χ4v) is 3.20. The largest absolute Gasteiger partial charge is 0.397 e. The number of fused-ring (bicyclic) bond motifs is 1. The van der Waals surface area contributed by atoms with Crippen LogP contribution >= 0.6 is 11.3 Å². The second-order valence-electron chi connectivity index (χ2n) is 5.73. The number of nitrogens with one attached hydrogen (secondary N) is 2. The van der Waals surface area contributed by atoms with Crippen LogP contribution in [0.3, 0.4) is 0 Å². The molecule has 6 heteroatoms. The maximum atomic E-state index is 11.5. The third-order valence-corrected chi connectivity index (χ3v) is 4.68. The first-order valence-electron chi connectivity index (χ1n) is 6.86. The number of aromatic nitrogens is 1. The van der Waals surface area contributed by atoms with Gasteiger partial charge in [-0.25, -0.2) is 4.98 Å². The molecular weight excluding hydrogens is 284 g/mol. The molecule has 3 rings (SSSR count). The molecule has 110 valence electrons. The zero-order chi connectivity index (χ0) is 15.0. The number of carbonyl (C=O) groups excluding carboxylic acids is 1. The van der Waals surface area contributed by atoms with E-state index in [0.29, 0.717) is 12.1 Å². The number of nitrogens with zero attached hydrogens (tertiary/aromatic N) is 1. The molecule has 0 bridgehead atoms. The lowest BCUT2D eigenvalue weighted by atomic mass is 10.00. The number of nitrogen functional groups attached to an aromatic ring is 1. The monoisotopic (exact) mass is 302 g/mol. The summed E-state index contributed by atoms with van der Waals surface area (Å²) in [6, 6.07) is 3.85. The Morgan fingerprint density at radius 2 is 2.19 bits per heavy atom. The van der Waals surface area contributed by atoms with Crippen molar-refractivity contribution in [3.8, 4) is 0 Å². The summed E-state index contributed by atoms with van der Waals surface area (Å²) in [6.07, 6.45) is 3.05. The van der Waals surface area contributed by atoms with Gasteiger partial charge < -0.3 is 16.4 Å². The first-order valence-corrected chi connectivity index (χ1v) is 7.74. The summed E-state index contributed by atoms with van der Waals surface area (Å²) in [6.45, 7) is 4.12. The van der Waals surface area contributed by atoms with E-state index in [1.165, 1.54) is 0 Å².